The van der Waals surface area contributed by atoms with Crippen molar-refractivity contribution < 1.29 is 13.5 Å². The number of fused-ring (bicyclic) bond motifs is 1. The van der Waals surface area contributed by atoms with E-state index in [0.29, 0.717) is 31.1 Å². The van der Waals surface area contributed by atoms with Crippen molar-refractivity contribution in [3.63, 3.8) is 0 Å². The van der Waals surface area contributed by atoms with Crippen LogP contribution in [-0.2, 0) is 11.3 Å². The molecule has 0 radical (unpaired) electrons. The number of nitrogens with one attached hydrogen (secondary N) is 1. The number of ether oxygens (including phenoxy) is 1. The topological polar surface area (TPSA) is 113 Å². The molecule has 9 nitrogen and oxygen atoms in total. The third-order valence-electron chi connectivity index (χ3n) is 6.22. The van der Waals surface area contributed by atoms with Crippen molar-refractivity contribution >= 4 is 22.4 Å². The predicted molar refractivity (Wildman–Crippen MR) is 138 cm³/mol. The minimum atomic E-state index is -0.831. The molecule has 37 heavy (non-hydrogen) atoms. The zero-order chi connectivity index (χ0) is 26.3. The average molecular weight is 508 g/mol. The number of halogens is 2. The van der Waals surface area contributed by atoms with Crippen LogP contribution in [0.1, 0.15) is 11.4 Å². The van der Waals surface area contributed by atoms with Gasteiger partial charge in [-0.15, -0.1) is 0 Å². The molecule has 1 aliphatic heterocycles. The second kappa shape index (κ2) is 9.83. The normalized spacial score (nSPS) is 14.1. The van der Waals surface area contributed by atoms with E-state index >= 15 is 4.39 Å². The summed E-state index contributed by atoms with van der Waals surface area (Å²) in [7, 11) is 3.93. The van der Waals surface area contributed by atoms with E-state index in [1.165, 1.54) is 6.07 Å². The monoisotopic (exact) mass is 507 g/mol. The molecule has 1 saturated heterocycles. The molecule has 3 N–H and O–H groups in total. The third-order valence-corrected chi connectivity index (χ3v) is 6.22. The molecular formula is C26H27F2N7O2. The molecule has 0 saturated carbocycles. The smallest absolute Gasteiger partial charge is 0.261 e. The van der Waals surface area contributed by atoms with Crippen molar-refractivity contribution in [3.8, 4) is 22.5 Å². The standard InChI is InChI=1S/C26H27F2N7O2/c1-14-30-19-12-16(11-18(27)21(19)26(36)31-14)23-25(29)33-24(28)22(32-23)15-4-5-20(17(10-15)13-34(2)3)35-6-8-37-9-7-35/h4-5,10-12H,6-9,13H2,1-3H3,(H2,29,33)(H,30,31,36). The molecule has 0 unspecified atom stereocenters. The number of benzene rings is 2. The van der Waals surface area contributed by atoms with Gasteiger partial charge in [0.1, 0.15) is 28.4 Å². The zero-order valence-corrected chi connectivity index (χ0v) is 20.8. The van der Waals surface area contributed by atoms with Gasteiger partial charge in [0.25, 0.3) is 5.56 Å². The fourth-order valence-electron chi connectivity index (χ4n) is 4.61. The SMILES string of the molecule is Cc1nc2cc(-c3nc(-c4ccc(N5CCOCC5)c(CN(C)C)c4)c(F)nc3N)cc(F)c2c(=O)[nH]1. The van der Waals surface area contributed by atoms with Crippen molar-refractivity contribution in [1.82, 2.24) is 24.8 Å². The Balaban J connectivity index is 1.63. The summed E-state index contributed by atoms with van der Waals surface area (Å²) in [5, 5.41) is -0.171. The Morgan fingerprint density at radius 2 is 1.81 bits per heavy atom. The predicted octanol–water partition coefficient (Wildman–Crippen LogP) is 3.11. The van der Waals surface area contributed by atoms with E-state index in [2.05, 4.69) is 24.8 Å². The molecule has 3 heterocycles. The Labute approximate surface area is 211 Å². The molecular weight excluding hydrogens is 480 g/mol. The summed E-state index contributed by atoms with van der Waals surface area (Å²) in [5.74, 6) is -1.47. The van der Waals surface area contributed by atoms with Gasteiger partial charge in [-0.3, -0.25) is 4.79 Å². The number of rotatable bonds is 5. The molecule has 0 bridgehead atoms. The number of morpholine rings is 1. The first-order chi connectivity index (χ1) is 17.7. The highest BCUT2D eigenvalue weighted by molar-refractivity contribution is 5.86. The summed E-state index contributed by atoms with van der Waals surface area (Å²) in [5.41, 5.74) is 8.49. The molecule has 2 aromatic carbocycles. The first kappa shape index (κ1) is 24.7. The maximum absolute atomic E-state index is 15.1. The molecule has 0 spiro atoms. The molecule has 11 heteroatoms. The van der Waals surface area contributed by atoms with Crippen LogP contribution >= 0.6 is 0 Å². The Kier molecular flexibility index (Phi) is 6.57. The molecule has 1 fully saturated rings. The Bertz CT molecular complexity index is 1550. The molecule has 5 rings (SSSR count). The van der Waals surface area contributed by atoms with Crippen LogP contribution in [0.15, 0.2) is 35.1 Å². The van der Waals surface area contributed by atoms with Gasteiger partial charge in [0, 0.05) is 36.4 Å². The van der Waals surface area contributed by atoms with Crippen LogP contribution in [0.25, 0.3) is 33.4 Å². The Morgan fingerprint density at radius 3 is 2.54 bits per heavy atom. The lowest BCUT2D eigenvalue weighted by Crippen LogP contribution is -2.37. The fourth-order valence-corrected chi connectivity index (χ4v) is 4.61. The van der Waals surface area contributed by atoms with Crippen LogP contribution in [0.4, 0.5) is 20.3 Å². The van der Waals surface area contributed by atoms with Gasteiger partial charge >= 0.3 is 0 Å². The van der Waals surface area contributed by atoms with Gasteiger partial charge < -0.3 is 25.3 Å². The number of anilines is 2. The number of aromatic amines is 1. The van der Waals surface area contributed by atoms with Crippen molar-refractivity contribution in [2.24, 2.45) is 0 Å². The summed E-state index contributed by atoms with van der Waals surface area (Å²) in [6.45, 7) is 5.06. The lowest BCUT2D eigenvalue weighted by Gasteiger charge is -2.31. The van der Waals surface area contributed by atoms with Crippen molar-refractivity contribution in [3.05, 3.63) is 63.8 Å². The van der Waals surface area contributed by atoms with E-state index in [0.717, 1.165) is 30.4 Å². The maximum atomic E-state index is 15.1. The number of hydrogen-bond acceptors (Lipinski definition) is 8. The first-order valence-electron chi connectivity index (χ1n) is 11.9. The van der Waals surface area contributed by atoms with E-state index in [1.54, 1.807) is 13.0 Å². The van der Waals surface area contributed by atoms with Crippen LogP contribution in [0.2, 0.25) is 0 Å². The van der Waals surface area contributed by atoms with Crippen molar-refractivity contribution in [1.29, 1.82) is 0 Å². The second-order valence-corrected chi connectivity index (χ2v) is 9.28. The summed E-state index contributed by atoms with van der Waals surface area (Å²) in [6.07, 6.45) is 0. The molecule has 192 valence electrons. The third kappa shape index (κ3) is 4.87. The van der Waals surface area contributed by atoms with Gasteiger partial charge in [0.05, 0.1) is 18.7 Å². The molecule has 0 amide bonds. The van der Waals surface area contributed by atoms with Gasteiger partial charge in [-0.25, -0.2) is 14.4 Å². The maximum Gasteiger partial charge on any atom is 0.261 e. The number of nitrogens with two attached hydrogens (primary N) is 1. The van der Waals surface area contributed by atoms with Gasteiger partial charge in [-0.2, -0.15) is 9.37 Å². The summed E-state index contributed by atoms with van der Waals surface area (Å²) in [6, 6.07) is 8.27. The largest absolute Gasteiger partial charge is 0.382 e. The summed E-state index contributed by atoms with van der Waals surface area (Å²) < 4.78 is 35.5. The van der Waals surface area contributed by atoms with E-state index in [1.807, 2.05) is 31.1 Å². The summed E-state index contributed by atoms with van der Waals surface area (Å²) in [4.78, 5) is 31.6. The van der Waals surface area contributed by atoms with Gasteiger partial charge in [0.2, 0.25) is 5.95 Å². The molecule has 4 aromatic rings. The van der Waals surface area contributed by atoms with Gasteiger partial charge in [-0.1, -0.05) is 6.07 Å². The number of nitrogens with zero attached hydrogens (tertiary/aromatic N) is 5. The van der Waals surface area contributed by atoms with Gasteiger partial charge in [-0.05, 0) is 50.8 Å². The van der Waals surface area contributed by atoms with E-state index < -0.39 is 17.3 Å². The average Bonchev–Trinajstić information content (AvgIpc) is 2.83. The highest BCUT2D eigenvalue weighted by Gasteiger charge is 2.21. The summed E-state index contributed by atoms with van der Waals surface area (Å²) >= 11 is 0. The van der Waals surface area contributed by atoms with Crippen molar-refractivity contribution in [2.45, 2.75) is 13.5 Å². The fraction of sp³-hybridized carbons (Fsp3) is 0.308. The van der Waals surface area contributed by atoms with Crippen molar-refractivity contribution in [2.75, 3.05) is 51.0 Å². The number of hydrogen-bond donors (Lipinski definition) is 2. The van der Waals surface area contributed by atoms with E-state index in [4.69, 9.17) is 10.5 Å². The number of nitrogen functional groups attached to an aromatic ring is 1. The Hall–Kier alpha value is -3.96. The first-order valence-corrected chi connectivity index (χ1v) is 11.9. The van der Waals surface area contributed by atoms with Gasteiger partial charge in [0.15, 0.2) is 5.82 Å². The quantitative estimate of drug-likeness (QED) is 0.424. The molecule has 1 aliphatic rings. The second-order valence-electron chi connectivity index (χ2n) is 9.28. The van der Waals surface area contributed by atoms with Crippen LogP contribution in [0.5, 0.6) is 0 Å². The number of aromatic nitrogens is 4. The molecule has 0 atom stereocenters. The lowest BCUT2D eigenvalue weighted by atomic mass is 10.0. The van der Waals surface area contributed by atoms with E-state index in [9.17, 15) is 9.18 Å². The van der Waals surface area contributed by atoms with E-state index in [-0.39, 0.29) is 33.7 Å². The Morgan fingerprint density at radius 1 is 1.05 bits per heavy atom. The minimum absolute atomic E-state index is 0.00622. The lowest BCUT2D eigenvalue weighted by molar-refractivity contribution is 0.122. The number of aryl methyl sites for hydroxylation is 1. The van der Waals surface area contributed by atoms with Crippen LogP contribution < -0.4 is 16.2 Å². The van der Waals surface area contributed by atoms with Crippen LogP contribution in [-0.4, -0.2) is 65.2 Å². The minimum Gasteiger partial charge on any atom is -0.382 e. The highest BCUT2D eigenvalue weighted by Crippen LogP contribution is 2.33. The highest BCUT2D eigenvalue weighted by atomic mass is 19.1. The molecule has 2 aromatic heterocycles. The number of H-pyrrole nitrogens is 1. The zero-order valence-electron chi connectivity index (χ0n) is 20.8. The van der Waals surface area contributed by atoms with Crippen LogP contribution in [0, 0.1) is 18.7 Å². The van der Waals surface area contributed by atoms with Crippen LogP contribution in [0.3, 0.4) is 0 Å². The molecule has 0 aliphatic carbocycles.